The van der Waals surface area contributed by atoms with E-state index in [0.717, 1.165) is 30.0 Å². The van der Waals surface area contributed by atoms with Gasteiger partial charge < -0.3 is 24.7 Å². The van der Waals surface area contributed by atoms with Crippen molar-refractivity contribution in [2.75, 3.05) is 49.6 Å². The van der Waals surface area contributed by atoms with Crippen LogP contribution in [0.1, 0.15) is 26.3 Å². The van der Waals surface area contributed by atoms with Crippen LogP contribution in [0.4, 0.5) is 11.4 Å². The average molecular weight is 615 g/mol. The van der Waals surface area contributed by atoms with E-state index in [-0.39, 0.29) is 24.3 Å². The van der Waals surface area contributed by atoms with Crippen LogP contribution in [-0.4, -0.2) is 94.0 Å². The van der Waals surface area contributed by atoms with Gasteiger partial charge in [0.2, 0.25) is 11.8 Å². The minimum absolute atomic E-state index is 0.0848. The van der Waals surface area contributed by atoms with Gasteiger partial charge in [0.1, 0.15) is 6.04 Å². The Kier molecular flexibility index (Phi) is 8.13. The van der Waals surface area contributed by atoms with Crippen LogP contribution in [0.5, 0.6) is 0 Å². The number of aliphatic hydroxyl groups excluding tert-OH is 1. The second-order valence-electron chi connectivity index (χ2n) is 12.4. The molecule has 2 saturated heterocycles. The second-order valence-corrected chi connectivity index (χ2v) is 14.2. The Morgan fingerprint density at radius 3 is 2.25 bits per heavy atom. The van der Waals surface area contributed by atoms with E-state index in [1.54, 1.807) is 33.5 Å². The number of likely N-dealkylation sites (tertiary alicyclic amines) is 1. The van der Waals surface area contributed by atoms with Gasteiger partial charge in [0.15, 0.2) is 0 Å². The van der Waals surface area contributed by atoms with Crippen LogP contribution in [0, 0.1) is 11.8 Å². The zero-order chi connectivity index (χ0) is 31.2. The van der Waals surface area contributed by atoms with E-state index < -0.39 is 33.4 Å². The second kappa shape index (κ2) is 11.7. The van der Waals surface area contributed by atoms with E-state index in [1.165, 1.54) is 0 Å². The van der Waals surface area contributed by atoms with Crippen molar-refractivity contribution < 1.29 is 19.5 Å². The molecule has 1 spiro atoms. The highest BCUT2D eigenvalue weighted by Crippen LogP contribution is 2.65. The lowest BCUT2D eigenvalue weighted by Gasteiger charge is -2.40. The smallest absolute Gasteiger partial charge is 0.251 e. The highest BCUT2D eigenvalue weighted by Gasteiger charge is 2.74. The molecule has 2 fully saturated rings. The first kappa shape index (κ1) is 30.5. The summed E-state index contributed by atoms with van der Waals surface area (Å²) in [6.07, 6.45) is 8.48. The lowest BCUT2D eigenvalue weighted by Crippen LogP contribution is -2.57. The molecular weight excluding hydrogens is 572 g/mol. The molecule has 6 rings (SSSR count). The molecule has 0 bridgehead atoms. The van der Waals surface area contributed by atoms with E-state index in [9.17, 15) is 19.5 Å². The summed E-state index contributed by atoms with van der Waals surface area (Å²) in [5.41, 5.74) is 2.81. The number of hydrogen-bond acceptors (Lipinski definition) is 6. The van der Waals surface area contributed by atoms with E-state index in [0.29, 0.717) is 19.5 Å². The fourth-order valence-corrected chi connectivity index (χ4v) is 9.92. The molecule has 4 heterocycles. The van der Waals surface area contributed by atoms with Crippen LogP contribution in [0.15, 0.2) is 78.9 Å². The van der Waals surface area contributed by atoms with Gasteiger partial charge >= 0.3 is 0 Å². The van der Waals surface area contributed by atoms with Crippen molar-refractivity contribution in [2.24, 2.45) is 11.8 Å². The summed E-state index contributed by atoms with van der Waals surface area (Å²) in [6.45, 7) is 8.56. The predicted molar refractivity (Wildman–Crippen MR) is 176 cm³/mol. The number of hydrogen-bond donors (Lipinski definition) is 1. The minimum Gasteiger partial charge on any atom is -0.394 e. The molecule has 1 N–H and O–H groups in total. The van der Waals surface area contributed by atoms with Gasteiger partial charge in [-0.05, 0) is 57.0 Å². The number of thioether (sulfide) groups is 1. The normalized spacial score (nSPS) is 30.2. The Morgan fingerprint density at radius 1 is 0.909 bits per heavy atom. The van der Waals surface area contributed by atoms with Gasteiger partial charge in [0.25, 0.3) is 5.91 Å². The number of anilines is 2. The number of carbonyl (C=O) groups excluding carboxylic acids is 3. The Labute approximate surface area is 264 Å². The maximum Gasteiger partial charge on any atom is 0.251 e. The topological polar surface area (TPSA) is 84.4 Å². The van der Waals surface area contributed by atoms with Gasteiger partial charge in [-0.25, -0.2) is 0 Å². The van der Waals surface area contributed by atoms with Gasteiger partial charge in [0, 0.05) is 49.3 Å². The summed E-state index contributed by atoms with van der Waals surface area (Å²) in [7, 11) is 1.77. The third-order valence-electron chi connectivity index (χ3n) is 9.90. The van der Waals surface area contributed by atoms with Crippen molar-refractivity contribution in [3.05, 3.63) is 84.5 Å². The molecule has 8 nitrogen and oxygen atoms in total. The summed E-state index contributed by atoms with van der Waals surface area (Å²) >= 11 is 1.57. The monoisotopic (exact) mass is 614 g/mol. The van der Waals surface area contributed by atoms with Crippen LogP contribution in [0.2, 0.25) is 0 Å². The molecule has 2 aromatic rings. The highest BCUT2D eigenvalue weighted by atomic mass is 32.2. The summed E-state index contributed by atoms with van der Waals surface area (Å²) in [5.74, 6) is -1.89. The van der Waals surface area contributed by atoms with Gasteiger partial charge in [-0.1, -0.05) is 54.6 Å². The van der Waals surface area contributed by atoms with Crippen molar-refractivity contribution in [3.8, 4) is 0 Å². The highest BCUT2D eigenvalue weighted by molar-refractivity contribution is 8.02. The van der Waals surface area contributed by atoms with Gasteiger partial charge in [-0.2, -0.15) is 0 Å². The van der Waals surface area contributed by atoms with Crippen molar-refractivity contribution in [2.45, 2.75) is 48.8 Å². The maximum absolute atomic E-state index is 14.9. The molecule has 44 heavy (non-hydrogen) atoms. The fraction of sp³-hybridized carbons (Fsp3) is 0.457. The first-order chi connectivity index (χ1) is 21.2. The number of likely N-dealkylation sites (N-methyl/N-ethyl adjacent to an activating group) is 1. The first-order valence-electron chi connectivity index (χ1n) is 15.6. The van der Waals surface area contributed by atoms with E-state index >= 15 is 0 Å². The van der Waals surface area contributed by atoms with E-state index in [4.69, 9.17) is 0 Å². The Balaban J connectivity index is 1.46. The molecule has 4 aliphatic heterocycles. The van der Waals surface area contributed by atoms with Crippen molar-refractivity contribution in [3.63, 3.8) is 0 Å². The molecule has 3 amide bonds. The van der Waals surface area contributed by atoms with Crippen molar-refractivity contribution >= 4 is 40.9 Å². The van der Waals surface area contributed by atoms with Gasteiger partial charge in [-0.3, -0.25) is 14.4 Å². The molecule has 0 saturated carbocycles. The van der Waals surface area contributed by atoms with Crippen molar-refractivity contribution in [1.82, 2.24) is 9.80 Å². The Hall–Kier alpha value is -3.56. The number of carbonyl (C=O) groups is 3. The number of nitrogens with zero attached hydrogens (tertiary/aromatic N) is 4. The number of aliphatic hydroxyl groups is 1. The largest absolute Gasteiger partial charge is 0.394 e. The van der Waals surface area contributed by atoms with Crippen molar-refractivity contribution in [1.29, 1.82) is 0 Å². The van der Waals surface area contributed by atoms with Gasteiger partial charge in [-0.15, -0.1) is 11.8 Å². The van der Waals surface area contributed by atoms with Crippen LogP contribution in [-0.2, 0) is 20.8 Å². The van der Waals surface area contributed by atoms with Crippen LogP contribution >= 0.6 is 11.8 Å². The zero-order valence-electron chi connectivity index (χ0n) is 25.9. The lowest BCUT2D eigenvalue weighted by molar-refractivity contribution is -0.144. The number of fused-ring (bicyclic) bond motifs is 2. The van der Waals surface area contributed by atoms with Gasteiger partial charge in [0.05, 0.1) is 29.2 Å². The standard InChI is InChI=1S/C35H42N4O4S/c1-5-37(6-2)25-14-16-26(17-15-25)38-21-11-19-35-29(28-31(41)36(4)20-10-18-34(28,3)44-35)32(42)39(30(35)33(38)43)27(23-40)22-24-12-8-7-9-13-24/h7-19,27-30,40H,5-6,20-23H2,1-4H3/t27-,28-,29+,30?,34+,35+/m1/s1. The van der Waals surface area contributed by atoms with Crippen LogP contribution in [0.3, 0.4) is 0 Å². The molecule has 6 atom stereocenters. The van der Waals surface area contributed by atoms with E-state index in [1.807, 2.05) is 79.7 Å². The summed E-state index contributed by atoms with van der Waals surface area (Å²) in [6, 6.07) is 16.2. The number of rotatable bonds is 8. The van der Waals surface area contributed by atoms with Crippen LogP contribution < -0.4 is 9.80 Å². The molecule has 232 valence electrons. The molecule has 2 aromatic carbocycles. The zero-order valence-corrected chi connectivity index (χ0v) is 26.7. The molecule has 9 heteroatoms. The summed E-state index contributed by atoms with van der Waals surface area (Å²) < 4.78 is -1.63. The molecule has 0 radical (unpaired) electrons. The van der Waals surface area contributed by atoms with Crippen LogP contribution in [0.25, 0.3) is 0 Å². The Morgan fingerprint density at radius 2 is 1.59 bits per heavy atom. The molecule has 4 aliphatic rings. The predicted octanol–water partition coefficient (Wildman–Crippen LogP) is 3.75. The first-order valence-corrected chi connectivity index (χ1v) is 16.4. The SMILES string of the molecule is CCN(CC)c1ccc(N2CC=C[C@]34S[C@@]5(C)C=CCN(C)C(=O)[C@H]5[C@H]3C(=O)N([C@@H](CO)Cc3ccccc3)C4C2=O)cc1. The number of amides is 3. The molecule has 0 aliphatic carbocycles. The summed E-state index contributed by atoms with van der Waals surface area (Å²) in [5, 5.41) is 10.8. The quantitative estimate of drug-likeness (QED) is 0.456. The molecular formula is C35H42N4O4S. The average Bonchev–Trinajstić information content (AvgIpc) is 3.31. The summed E-state index contributed by atoms with van der Waals surface area (Å²) in [4.78, 5) is 51.0. The minimum atomic E-state index is -0.966. The third-order valence-corrected chi connectivity index (χ3v) is 11.7. The molecule has 1 unspecified atom stereocenters. The fourth-order valence-electron chi connectivity index (χ4n) is 7.78. The maximum atomic E-state index is 14.9. The lowest BCUT2D eigenvalue weighted by atomic mass is 9.74. The Bertz CT molecular complexity index is 1480. The van der Waals surface area contributed by atoms with E-state index in [2.05, 4.69) is 24.8 Å². The number of benzene rings is 2. The molecule has 0 aromatic heterocycles. The third kappa shape index (κ3) is 4.76.